The molecule has 1 amide bonds. The van der Waals surface area contributed by atoms with Crippen molar-refractivity contribution in [2.45, 2.75) is 13.3 Å². The van der Waals surface area contributed by atoms with Crippen molar-refractivity contribution in [2.24, 2.45) is 0 Å². The summed E-state index contributed by atoms with van der Waals surface area (Å²) in [5.74, 6) is -0.312. The summed E-state index contributed by atoms with van der Waals surface area (Å²) in [5, 5.41) is 15.2. The number of amides is 1. The van der Waals surface area contributed by atoms with Crippen molar-refractivity contribution >= 4 is 23.0 Å². The Balaban J connectivity index is 1.81. The van der Waals surface area contributed by atoms with Crippen LogP contribution >= 0.6 is 0 Å². The molecule has 1 heterocycles. The molecule has 0 bridgehead atoms. The van der Waals surface area contributed by atoms with Crippen molar-refractivity contribution in [1.82, 2.24) is 4.98 Å². The molecule has 3 aromatic rings. The summed E-state index contributed by atoms with van der Waals surface area (Å²) in [6, 6.07) is 18.7. The standard InChI is InChI=1S/C21H18N4O/c1-2-15-7-3-5-9-19(15)24-18-11-17(13-23-14-18)21(26)25-20-10-6-4-8-16(20)12-22/h3-11,13-14,24H,2H2,1H3,(H,25,26). The van der Waals surface area contributed by atoms with Crippen molar-refractivity contribution in [3.05, 3.63) is 83.7 Å². The van der Waals surface area contributed by atoms with Crippen molar-refractivity contribution in [2.75, 3.05) is 10.6 Å². The molecule has 0 unspecified atom stereocenters. The van der Waals surface area contributed by atoms with Crippen molar-refractivity contribution in [3.8, 4) is 6.07 Å². The molecule has 0 saturated heterocycles. The SMILES string of the molecule is CCc1ccccc1Nc1cncc(C(=O)Nc2ccccc2C#N)c1. The van der Waals surface area contributed by atoms with Gasteiger partial charge in [0.05, 0.1) is 28.7 Å². The fourth-order valence-electron chi connectivity index (χ4n) is 2.62. The molecule has 0 atom stereocenters. The van der Waals surface area contributed by atoms with Gasteiger partial charge in [-0.2, -0.15) is 5.26 Å². The van der Waals surface area contributed by atoms with Crippen LogP contribution < -0.4 is 10.6 Å². The van der Waals surface area contributed by atoms with Gasteiger partial charge in [-0.25, -0.2) is 0 Å². The van der Waals surface area contributed by atoms with E-state index < -0.39 is 0 Å². The Bertz CT molecular complexity index is 975. The molecule has 128 valence electrons. The van der Waals surface area contributed by atoms with Crippen molar-refractivity contribution in [1.29, 1.82) is 5.26 Å². The maximum Gasteiger partial charge on any atom is 0.257 e. The third-order valence-corrected chi connectivity index (χ3v) is 3.97. The van der Waals surface area contributed by atoms with Crippen LogP contribution in [-0.2, 0) is 6.42 Å². The van der Waals surface area contributed by atoms with Crippen LogP contribution in [0.3, 0.4) is 0 Å². The van der Waals surface area contributed by atoms with Crippen LogP contribution in [0.2, 0.25) is 0 Å². The van der Waals surface area contributed by atoms with Gasteiger partial charge in [0.2, 0.25) is 0 Å². The van der Waals surface area contributed by atoms with Crippen LogP contribution in [0.1, 0.15) is 28.4 Å². The minimum absolute atomic E-state index is 0.312. The normalized spacial score (nSPS) is 10.0. The van der Waals surface area contributed by atoms with Crippen LogP contribution in [0.15, 0.2) is 67.0 Å². The molecule has 5 nitrogen and oxygen atoms in total. The third-order valence-electron chi connectivity index (χ3n) is 3.97. The molecule has 0 saturated carbocycles. The lowest BCUT2D eigenvalue weighted by Crippen LogP contribution is -2.13. The lowest BCUT2D eigenvalue weighted by atomic mass is 10.1. The van der Waals surface area contributed by atoms with Crippen LogP contribution in [-0.4, -0.2) is 10.9 Å². The molecule has 1 aromatic heterocycles. The van der Waals surface area contributed by atoms with Gasteiger partial charge in [0.1, 0.15) is 6.07 Å². The van der Waals surface area contributed by atoms with Gasteiger partial charge in [-0.15, -0.1) is 0 Å². The largest absolute Gasteiger partial charge is 0.354 e. The molecule has 0 aliphatic rings. The first-order valence-electron chi connectivity index (χ1n) is 8.31. The molecule has 5 heteroatoms. The monoisotopic (exact) mass is 342 g/mol. The number of rotatable bonds is 5. The first kappa shape index (κ1) is 17.2. The summed E-state index contributed by atoms with van der Waals surface area (Å²) in [6.07, 6.45) is 4.08. The van der Waals surface area contributed by atoms with Crippen LogP contribution in [0.4, 0.5) is 17.1 Å². The highest BCUT2D eigenvalue weighted by Gasteiger charge is 2.10. The number of hydrogen-bond acceptors (Lipinski definition) is 4. The van der Waals surface area contributed by atoms with Crippen LogP contribution in [0.25, 0.3) is 0 Å². The van der Waals surface area contributed by atoms with E-state index >= 15 is 0 Å². The number of hydrogen-bond donors (Lipinski definition) is 2. The molecule has 0 spiro atoms. The van der Waals surface area contributed by atoms with Gasteiger partial charge in [0.15, 0.2) is 0 Å². The number of nitrogens with zero attached hydrogens (tertiary/aromatic N) is 2. The molecule has 0 fully saturated rings. The molecule has 0 aliphatic heterocycles. The van der Waals surface area contributed by atoms with Gasteiger partial charge in [0, 0.05) is 11.9 Å². The molecular weight excluding hydrogens is 324 g/mol. The number of pyridine rings is 1. The summed E-state index contributed by atoms with van der Waals surface area (Å²) in [5.41, 5.74) is 4.22. The van der Waals surface area contributed by atoms with Gasteiger partial charge in [0.25, 0.3) is 5.91 Å². The predicted molar refractivity (Wildman–Crippen MR) is 102 cm³/mol. The molecular formula is C21H18N4O. The summed E-state index contributed by atoms with van der Waals surface area (Å²) < 4.78 is 0. The van der Waals surface area contributed by atoms with Gasteiger partial charge < -0.3 is 10.6 Å². The smallest absolute Gasteiger partial charge is 0.257 e. The Hall–Kier alpha value is -3.65. The molecule has 2 N–H and O–H groups in total. The maximum absolute atomic E-state index is 12.5. The second-order valence-corrected chi connectivity index (χ2v) is 5.71. The van der Waals surface area contributed by atoms with E-state index in [9.17, 15) is 4.79 Å². The second kappa shape index (κ2) is 7.95. The number of aromatic nitrogens is 1. The van der Waals surface area contributed by atoms with Crippen molar-refractivity contribution < 1.29 is 4.79 Å². The number of nitriles is 1. The van der Waals surface area contributed by atoms with Gasteiger partial charge >= 0.3 is 0 Å². The Kier molecular flexibility index (Phi) is 5.25. The summed E-state index contributed by atoms with van der Waals surface area (Å²) >= 11 is 0. The predicted octanol–water partition coefficient (Wildman–Crippen LogP) is 4.51. The average Bonchev–Trinajstić information content (AvgIpc) is 2.69. The van der Waals surface area contributed by atoms with E-state index in [0.717, 1.165) is 17.8 Å². The van der Waals surface area contributed by atoms with Gasteiger partial charge in [-0.3, -0.25) is 9.78 Å². The Morgan fingerprint density at radius 3 is 2.58 bits per heavy atom. The minimum Gasteiger partial charge on any atom is -0.354 e. The zero-order chi connectivity index (χ0) is 18.4. The highest BCUT2D eigenvalue weighted by Crippen LogP contribution is 2.22. The zero-order valence-electron chi connectivity index (χ0n) is 14.4. The first-order chi connectivity index (χ1) is 12.7. The Labute approximate surface area is 152 Å². The van der Waals surface area contributed by atoms with Crippen LogP contribution in [0, 0.1) is 11.3 Å². The number of carbonyl (C=O) groups excluding carboxylic acids is 1. The minimum atomic E-state index is -0.312. The zero-order valence-corrected chi connectivity index (χ0v) is 14.4. The van der Waals surface area contributed by atoms with E-state index in [2.05, 4.69) is 34.7 Å². The highest BCUT2D eigenvalue weighted by atomic mass is 16.1. The summed E-state index contributed by atoms with van der Waals surface area (Å²) in [7, 11) is 0. The number of anilines is 3. The van der Waals surface area contributed by atoms with Crippen LogP contribution in [0.5, 0.6) is 0 Å². The maximum atomic E-state index is 12.5. The second-order valence-electron chi connectivity index (χ2n) is 5.71. The van der Waals surface area contributed by atoms with Crippen molar-refractivity contribution in [3.63, 3.8) is 0 Å². The van der Waals surface area contributed by atoms with E-state index in [1.165, 1.54) is 11.8 Å². The Morgan fingerprint density at radius 1 is 1.08 bits per heavy atom. The van der Waals surface area contributed by atoms with E-state index in [1.54, 1.807) is 36.5 Å². The lowest BCUT2D eigenvalue weighted by molar-refractivity contribution is 0.102. The fraction of sp³-hybridized carbons (Fsp3) is 0.0952. The molecule has 26 heavy (non-hydrogen) atoms. The quantitative estimate of drug-likeness (QED) is 0.715. The number of aryl methyl sites for hydroxylation is 1. The third kappa shape index (κ3) is 3.87. The number of para-hydroxylation sites is 2. The topological polar surface area (TPSA) is 77.8 Å². The van der Waals surface area contributed by atoms with Gasteiger partial charge in [-0.05, 0) is 36.2 Å². The Morgan fingerprint density at radius 2 is 1.81 bits per heavy atom. The number of nitrogens with one attached hydrogen (secondary N) is 2. The lowest BCUT2D eigenvalue weighted by Gasteiger charge is -2.12. The van der Waals surface area contributed by atoms with E-state index in [1.807, 2.05) is 18.2 Å². The fourth-order valence-corrected chi connectivity index (χ4v) is 2.62. The highest BCUT2D eigenvalue weighted by molar-refractivity contribution is 6.05. The summed E-state index contributed by atoms with van der Waals surface area (Å²) in [4.78, 5) is 16.7. The van der Waals surface area contributed by atoms with E-state index in [0.29, 0.717) is 16.8 Å². The average molecular weight is 342 g/mol. The van der Waals surface area contributed by atoms with Gasteiger partial charge in [-0.1, -0.05) is 37.3 Å². The first-order valence-corrected chi connectivity index (χ1v) is 8.31. The number of carbonyl (C=O) groups is 1. The van der Waals surface area contributed by atoms with E-state index in [-0.39, 0.29) is 5.91 Å². The van der Waals surface area contributed by atoms with E-state index in [4.69, 9.17) is 5.26 Å². The number of benzene rings is 2. The summed E-state index contributed by atoms with van der Waals surface area (Å²) in [6.45, 7) is 2.09. The molecule has 2 aromatic carbocycles. The molecule has 3 rings (SSSR count). The molecule has 0 radical (unpaired) electrons. The molecule has 0 aliphatic carbocycles.